The predicted molar refractivity (Wildman–Crippen MR) is 145 cm³/mol. The summed E-state index contributed by atoms with van der Waals surface area (Å²) in [7, 11) is 0. The largest absolute Gasteiger partial charge is 0.485 e. The molecule has 1 N–H and O–H groups in total. The Kier molecular flexibility index (Phi) is 5.88. The topological polar surface area (TPSA) is 166 Å². The van der Waals surface area contributed by atoms with Crippen LogP contribution in [0.4, 0.5) is 0 Å². The molecule has 0 atom stereocenters. The van der Waals surface area contributed by atoms with Gasteiger partial charge < -0.3 is 22.7 Å². The van der Waals surface area contributed by atoms with Gasteiger partial charge in [-0.1, -0.05) is 0 Å². The lowest BCUT2D eigenvalue weighted by Crippen LogP contribution is -2.04. The van der Waals surface area contributed by atoms with Gasteiger partial charge in [-0.05, 0) is 78.4 Å². The molecule has 2 aromatic carbocycles. The number of hydrogen-bond acceptors (Lipinski definition) is 12. The van der Waals surface area contributed by atoms with E-state index in [1.54, 1.807) is 18.2 Å². The molecule has 0 aliphatic carbocycles. The molecule has 0 spiro atoms. The molecule has 1 aliphatic rings. The summed E-state index contributed by atoms with van der Waals surface area (Å²) in [6.45, 7) is 4.51. The minimum Gasteiger partial charge on any atom is -0.485 e. The van der Waals surface area contributed by atoms with Crippen LogP contribution < -0.4 is 15.1 Å². The molecule has 13 nitrogen and oxygen atoms in total. The van der Waals surface area contributed by atoms with Crippen LogP contribution >= 0.6 is 0 Å². The van der Waals surface area contributed by atoms with Crippen LogP contribution in [0.2, 0.25) is 0 Å². The fourth-order valence-electron chi connectivity index (χ4n) is 4.65. The van der Waals surface area contributed by atoms with Gasteiger partial charge in [0.25, 0.3) is 0 Å². The van der Waals surface area contributed by atoms with Gasteiger partial charge in [0.15, 0.2) is 11.5 Å². The number of fused-ring (bicyclic) bond motifs is 3. The standard InChI is InChI=1S/C28H21N7O6/c1-14-9-19-18-5-8-22(37-12-16-3-6-23(39-16)21-11-29-33-30-21)15(2)26(18)41-28(36)20(19)10-25(14)38-13-17-4-7-24(40-17)27-31-34-35-32-27/h3-10H,11-13H2,1-2H3,(H,31,32,34,35). The number of aromatic amines is 1. The van der Waals surface area contributed by atoms with Gasteiger partial charge in [-0.2, -0.15) is 10.3 Å². The number of benzene rings is 2. The molecule has 0 fully saturated rings. The minimum absolute atomic E-state index is 0.152. The smallest absolute Gasteiger partial charge is 0.344 e. The Hall–Kier alpha value is -5.59. The average Bonchev–Trinajstić information content (AvgIpc) is 3.80. The third-order valence-electron chi connectivity index (χ3n) is 6.74. The molecule has 204 valence electrons. The molecule has 13 heteroatoms. The number of hydrogen-bond donors (Lipinski definition) is 1. The molecule has 5 heterocycles. The van der Waals surface area contributed by atoms with Crippen LogP contribution in [0.25, 0.3) is 33.3 Å². The normalized spacial score (nSPS) is 12.9. The van der Waals surface area contributed by atoms with E-state index < -0.39 is 5.63 Å². The maximum absolute atomic E-state index is 13.1. The lowest BCUT2D eigenvalue weighted by atomic mass is 10.0. The van der Waals surface area contributed by atoms with E-state index in [1.165, 1.54) is 0 Å². The first-order chi connectivity index (χ1) is 20.0. The fourth-order valence-corrected chi connectivity index (χ4v) is 4.65. The van der Waals surface area contributed by atoms with Crippen LogP contribution in [0, 0.1) is 13.8 Å². The zero-order chi connectivity index (χ0) is 27.9. The van der Waals surface area contributed by atoms with Crippen molar-refractivity contribution >= 4 is 27.5 Å². The van der Waals surface area contributed by atoms with E-state index in [0.717, 1.165) is 16.3 Å². The first kappa shape index (κ1) is 24.5. The van der Waals surface area contributed by atoms with Gasteiger partial charge in [-0.3, -0.25) is 0 Å². The van der Waals surface area contributed by atoms with E-state index in [1.807, 2.05) is 44.2 Å². The molecule has 1 aliphatic heterocycles. The lowest BCUT2D eigenvalue weighted by Gasteiger charge is -2.13. The van der Waals surface area contributed by atoms with Crippen molar-refractivity contribution in [2.24, 2.45) is 15.4 Å². The molecular weight excluding hydrogens is 530 g/mol. The maximum Gasteiger partial charge on any atom is 0.344 e. The summed E-state index contributed by atoms with van der Waals surface area (Å²) >= 11 is 0. The summed E-state index contributed by atoms with van der Waals surface area (Å²) in [5.74, 6) is 3.75. The highest BCUT2D eigenvalue weighted by molar-refractivity contribution is 6.06. The van der Waals surface area contributed by atoms with Crippen molar-refractivity contribution < 1.29 is 22.7 Å². The second-order valence-corrected chi connectivity index (χ2v) is 9.40. The maximum atomic E-state index is 13.1. The van der Waals surface area contributed by atoms with Crippen molar-refractivity contribution in [2.75, 3.05) is 6.54 Å². The van der Waals surface area contributed by atoms with Crippen LogP contribution in [0.3, 0.4) is 0 Å². The van der Waals surface area contributed by atoms with Gasteiger partial charge in [-0.15, -0.1) is 15.3 Å². The molecule has 4 aromatic heterocycles. The third-order valence-corrected chi connectivity index (χ3v) is 6.74. The molecule has 0 saturated carbocycles. The van der Waals surface area contributed by atoms with Gasteiger partial charge in [0.05, 0.1) is 5.39 Å². The van der Waals surface area contributed by atoms with Crippen molar-refractivity contribution in [1.29, 1.82) is 0 Å². The SMILES string of the molecule is Cc1cc2c(cc1OCc1ccc(-c3nn[nH]n3)o1)c(=O)oc1c(C)c(OCc3ccc(C4=NN=NC4)o3)ccc12. The quantitative estimate of drug-likeness (QED) is 0.196. The highest BCUT2D eigenvalue weighted by Gasteiger charge is 2.17. The summed E-state index contributed by atoms with van der Waals surface area (Å²) in [6.07, 6.45) is 0. The number of furan rings is 2. The highest BCUT2D eigenvalue weighted by Crippen LogP contribution is 2.34. The predicted octanol–water partition coefficient (Wildman–Crippen LogP) is 5.26. The molecule has 41 heavy (non-hydrogen) atoms. The van der Waals surface area contributed by atoms with Crippen LogP contribution in [0.15, 0.2) is 82.0 Å². The molecule has 0 saturated heterocycles. The molecule has 0 bridgehead atoms. The number of rotatable bonds is 8. The number of aryl methyl sites for hydroxylation is 2. The minimum atomic E-state index is -0.473. The van der Waals surface area contributed by atoms with Crippen LogP contribution in [0.5, 0.6) is 11.5 Å². The van der Waals surface area contributed by atoms with Gasteiger partial charge in [0.2, 0.25) is 5.82 Å². The van der Waals surface area contributed by atoms with Gasteiger partial charge >= 0.3 is 5.63 Å². The van der Waals surface area contributed by atoms with Crippen molar-refractivity contribution in [3.8, 4) is 23.1 Å². The van der Waals surface area contributed by atoms with Crippen molar-refractivity contribution in [2.45, 2.75) is 27.1 Å². The van der Waals surface area contributed by atoms with E-state index in [2.05, 4.69) is 36.1 Å². The Morgan fingerprint density at radius 3 is 2.39 bits per heavy atom. The van der Waals surface area contributed by atoms with E-state index in [-0.39, 0.29) is 13.2 Å². The summed E-state index contributed by atoms with van der Waals surface area (Å²) in [4.78, 5) is 13.1. The first-order valence-electron chi connectivity index (χ1n) is 12.6. The Morgan fingerprint density at radius 2 is 1.63 bits per heavy atom. The molecule has 7 rings (SSSR count). The number of H-pyrrole nitrogens is 1. The second kappa shape index (κ2) is 9.86. The van der Waals surface area contributed by atoms with E-state index >= 15 is 0 Å². The van der Waals surface area contributed by atoms with E-state index in [0.29, 0.717) is 69.2 Å². The third kappa shape index (κ3) is 4.52. The average molecular weight is 552 g/mol. The molecule has 0 amide bonds. The molecule has 0 unspecified atom stereocenters. The van der Waals surface area contributed by atoms with Crippen LogP contribution in [0.1, 0.15) is 28.4 Å². The first-order valence-corrected chi connectivity index (χ1v) is 12.6. The Balaban J connectivity index is 1.13. The van der Waals surface area contributed by atoms with Gasteiger partial charge in [-0.25, -0.2) is 4.79 Å². The monoisotopic (exact) mass is 551 g/mol. The molecule has 6 aromatic rings. The van der Waals surface area contributed by atoms with Crippen LogP contribution in [-0.2, 0) is 13.2 Å². The fraction of sp³-hybridized carbons (Fsp3) is 0.179. The molecule has 0 radical (unpaired) electrons. The van der Waals surface area contributed by atoms with Gasteiger partial charge in [0, 0.05) is 16.3 Å². The lowest BCUT2D eigenvalue weighted by molar-refractivity contribution is 0.268. The number of aromatic nitrogens is 4. The summed E-state index contributed by atoms with van der Waals surface area (Å²) in [5.41, 5.74) is 2.22. The van der Waals surface area contributed by atoms with Crippen LogP contribution in [-0.4, -0.2) is 32.9 Å². The number of ether oxygens (including phenoxy) is 2. The molecular formula is C28H21N7O6. The zero-order valence-corrected chi connectivity index (χ0v) is 21.9. The number of tetrazole rings is 1. The van der Waals surface area contributed by atoms with Gasteiger partial charge in [0.1, 0.15) is 54.1 Å². The summed E-state index contributed by atoms with van der Waals surface area (Å²) < 4.78 is 29.3. The van der Waals surface area contributed by atoms with Crippen molar-refractivity contribution in [3.05, 3.63) is 87.4 Å². The van der Waals surface area contributed by atoms with Crippen molar-refractivity contribution in [1.82, 2.24) is 20.6 Å². The summed E-state index contributed by atoms with van der Waals surface area (Å²) in [5, 5.41) is 27.1. The van der Waals surface area contributed by atoms with E-state index in [9.17, 15) is 4.79 Å². The Labute approximate surface area is 230 Å². The second-order valence-electron chi connectivity index (χ2n) is 9.40. The number of nitrogens with one attached hydrogen (secondary N) is 1. The highest BCUT2D eigenvalue weighted by atomic mass is 16.5. The zero-order valence-electron chi connectivity index (χ0n) is 21.9. The number of nitrogens with zero attached hydrogens (tertiary/aromatic N) is 6. The Morgan fingerprint density at radius 1 is 0.854 bits per heavy atom. The summed E-state index contributed by atoms with van der Waals surface area (Å²) in [6, 6.07) is 14.5. The van der Waals surface area contributed by atoms with Crippen molar-refractivity contribution in [3.63, 3.8) is 0 Å². The van der Waals surface area contributed by atoms with E-state index in [4.69, 9.17) is 22.7 Å². The Bertz CT molecular complexity index is 2030.